The fraction of sp³-hybridized carbons (Fsp3) is 0.292. The van der Waals surface area contributed by atoms with Gasteiger partial charge >= 0.3 is 12.1 Å². The number of carbonyl (C=O) groups is 1. The SMILES string of the molecule is CCOC(=O)COc1ccc(OCc2sc(-c3cc(F)c(C(F)(F)F)cc3F)cc2C)cc1C. The van der Waals surface area contributed by atoms with Gasteiger partial charge in [0.1, 0.15) is 29.7 Å². The van der Waals surface area contributed by atoms with Crippen LogP contribution in [-0.4, -0.2) is 19.2 Å². The lowest BCUT2D eigenvalue weighted by atomic mass is 10.1. The lowest BCUT2D eigenvalue weighted by molar-refractivity contribution is -0.145. The van der Waals surface area contributed by atoms with E-state index in [2.05, 4.69) is 0 Å². The molecule has 182 valence electrons. The molecule has 0 aliphatic carbocycles. The average Bonchev–Trinajstić information content (AvgIpc) is 3.12. The summed E-state index contributed by atoms with van der Waals surface area (Å²) in [5.41, 5.74) is -0.432. The van der Waals surface area contributed by atoms with Crippen LogP contribution in [0.5, 0.6) is 11.5 Å². The van der Waals surface area contributed by atoms with Crippen LogP contribution in [0.2, 0.25) is 0 Å². The highest BCUT2D eigenvalue weighted by molar-refractivity contribution is 7.15. The molecular formula is C24H21F5O4S. The van der Waals surface area contributed by atoms with E-state index in [4.69, 9.17) is 14.2 Å². The van der Waals surface area contributed by atoms with Crippen molar-refractivity contribution in [2.45, 2.75) is 33.6 Å². The first-order valence-electron chi connectivity index (χ1n) is 10.2. The Kier molecular flexibility index (Phi) is 7.81. The minimum atomic E-state index is -4.98. The summed E-state index contributed by atoms with van der Waals surface area (Å²) in [4.78, 5) is 12.4. The molecule has 0 aliphatic heterocycles. The summed E-state index contributed by atoms with van der Waals surface area (Å²) < 4.78 is 82.7. The molecule has 2 aromatic carbocycles. The molecule has 0 N–H and O–H groups in total. The maximum absolute atomic E-state index is 14.3. The zero-order valence-electron chi connectivity index (χ0n) is 18.5. The van der Waals surface area contributed by atoms with Crippen LogP contribution in [-0.2, 0) is 22.3 Å². The van der Waals surface area contributed by atoms with Crippen molar-refractivity contribution in [1.29, 1.82) is 0 Å². The standard InChI is InChI=1S/C24H21F5O4S/c1-4-31-23(30)12-33-20-6-5-15(7-13(20)2)32-11-22-14(3)8-21(34-22)16-9-19(26)17(10-18(16)25)24(27,28)29/h5-10H,4,11-12H2,1-3H3. The minimum absolute atomic E-state index is 0.115. The third-order valence-corrected chi connectivity index (χ3v) is 6.06. The van der Waals surface area contributed by atoms with Crippen LogP contribution < -0.4 is 9.47 Å². The van der Waals surface area contributed by atoms with E-state index in [0.29, 0.717) is 27.3 Å². The fourth-order valence-corrected chi connectivity index (χ4v) is 4.22. The van der Waals surface area contributed by atoms with Crippen molar-refractivity contribution in [3.8, 4) is 21.9 Å². The number of benzene rings is 2. The quantitative estimate of drug-likeness (QED) is 0.251. The Morgan fingerprint density at radius 2 is 1.71 bits per heavy atom. The lowest BCUT2D eigenvalue weighted by Gasteiger charge is -2.11. The first kappa shape index (κ1) is 25.5. The molecule has 3 aromatic rings. The van der Waals surface area contributed by atoms with Crippen LogP contribution in [0.4, 0.5) is 22.0 Å². The van der Waals surface area contributed by atoms with Gasteiger partial charge in [0.05, 0.1) is 12.2 Å². The number of rotatable bonds is 8. The molecule has 34 heavy (non-hydrogen) atoms. The zero-order valence-corrected chi connectivity index (χ0v) is 19.3. The smallest absolute Gasteiger partial charge is 0.419 e. The second-order valence-electron chi connectivity index (χ2n) is 7.34. The van der Waals surface area contributed by atoms with E-state index < -0.39 is 29.3 Å². The highest BCUT2D eigenvalue weighted by Crippen LogP contribution is 2.38. The molecule has 0 bridgehead atoms. The van der Waals surface area contributed by atoms with Crippen LogP contribution in [0, 0.1) is 25.5 Å². The topological polar surface area (TPSA) is 44.8 Å². The molecule has 0 atom stereocenters. The van der Waals surface area contributed by atoms with E-state index in [1.54, 1.807) is 45.0 Å². The first-order chi connectivity index (χ1) is 16.0. The summed E-state index contributed by atoms with van der Waals surface area (Å²) >= 11 is 1.10. The number of halogens is 5. The van der Waals surface area contributed by atoms with Crippen molar-refractivity contribution >= 4 is 17.3 Å². The van der Waals surface area contributed by atoms with E-state index >= 15 is 0 Å². The average molecular weight is 500 g/mol. The Hall–Kier alpha value is -3.14. The largest absolute Gasteiger partial charge is 0.488 e. The van der Waals surface area contributed by atoms with Crippen LogP contribution in [0.25, 0.3) is 10.4 Å². The van der Waals surface area contributed by atoms with E-state index in [-0.39, 0.29) is 31.5 Å². The molecular weight excluding hydrogens is 479 g/mol. The molecule has 0 unspecified atom stereocenters. The summed E-state index contributed by atoms with van der Waals surface area (Å²) in [7, 11) is 0. The van der Waals surface area contributed by atoms with Crippen LogP contribution in [0.1, 0.15) is 28.5 Å². The number of alkyl halides is 3. The van der Waals surface area contributed by atoms with Crippen molar-refractivity contribution < 1.29 is 41.0 Å². The van der Waals surface area contributed by atoms with E-state index in [1.165, 1.54) is 0 Å². The van der Waals surface area contributed by atoms with Crippen molar-refractivity contribution in [2.75, 3.05) is 13.2 Å². The molecule has 1 heterocycles. The summed E-state index contributed by atoms with van der Waals surface area (Å²) in [5, 5.41) is 0. The second kappa shape index (κ2) is 10.4. The van der Waals surface area contributed by atoms with E-state index in [1.807, 2.05) is 0 Å². The Bertz CT molecular complexity index is 1190. The van der Waals surface area contributed by atoms with Crippen molar-refractivity contribution in [3.63, 3.8) is 0 Å². The van der Waals surface area contributed by atoms with Gasteiger partial charge in [0.2, 0.25) is 0 Å². The zero-order chi connectivity index (χ0) is 25.0. The molecule has 0 aliphatic rings. The summed E-state index contributed by atoms with van der Waals surface area (Å²) in [6.07, 6.45) is -4.98. The van der Waals surface area contributed by atoms with Crippen molar-refractivity contribution in [1.82, 2.24) is 0 Å². The number of hydrogen-bond acceptors (Lipinski definition) is 5. The summed E-state index contributed by atoms with van der Waals surface area (Å²) in [5.74, 6) is -2.16. The number of thiophene rings is 1. The second-order valence-corrected chi connectivity index (χ2v) is 8.47. The monoisotopic (exact) mass is 500 g/mol. The van der Waals surface area contributed by atoms with Crippen molar-refractivity contribution in [2.24, 2.45) is 0 Å². The van der Waals surface area contributed by atoms with Gasteiger partial charge in [0.25, 0.3) is 0 Å². The van der Waals surface area contributed by atoms with Crippen LogP contribution in [0.3, 0.4) is 0 Å². The summed E-state index contributed by atoms with van der Waals surface area (Å²) in [6.45, 7) is 5.39. The number of hydrogen-bond donors (Lipinski definition) is 0. The highest BCUT2D eigenvalue weighted by atomic mass is 32.1. The predicted molar refractivity (Wildman–Crippen MR) is 117 cm³/mol. The molecule has 1 aromatic heterocycles. The van der Waals surface area contributed by atoms with Gasteiger partial charge in [0.15, 0.2) is 6.61 Å². The number of esters is 1. The molecule has 0 amide bonds. The number of carbonyl (C=O) groups excluding carboxylic acids is 1. The predicted octanol–water partition coefficient (Wildman–Crippen LogP) is 6.85. The molecule has 4 nitrogen and oxygen atoms in total. The van der Waals surface area contributed by atoms with Gasteiger partial charge in [0, 0.05) is 15.3 Å². The molecule has 3 rings (SSSR count). The van der Waals surface area contributed by atoms with Gasteiger partial charge in [-0.3, -0.25) is 0 Å². The highest BCUT2D eigenvalue weighted by Gasteiger charge is 2.35. The van der Waals surface area contributed by atoms with Crippen LogP contribution in [0.15, 0.2) is 36.4 Å². The molecule has 0 spiro atoms. The fourth-order valence-electron chi connectivity index (χ4n) is 3.11. The molecule has 0 radical (unpaired) electrons. The molecule has 0 saturated heterocycles. The Labute approximate surface area is 196 Å². The number of aryl methyl sites for hydroxylation is 2. The van der Waals surface area contributed by atoms with Crippen molar-refractivity contribution in [3.05, 3.63) is 69.6 Å². The Morgan fingerprint density at radius 1 is 0.971 bits per heavy atom. The van der Waals surface area contributed by atoms with Gasteiger partial charge in [-0.15, -0.1) is 11.3 Å². The number of ether oxygens (including phenoxy) is 3. The maximum Gasteiger partial charge on any atom is 0.419 e. The normalized spacial score (nSPS) is 11.4. The first-order valence-corrected chi connectivity index (χ1v) is 11.0. The van der Waals surface area contributed by atoms with Crippen LogP contribution >= 0.6 is 11.3 Å². The Morgan fingerprint density at radius 3 is 2.35 bits per heavy atom. The molecule has 10 heteroatoms. The minimum Gasteiger partial charge on any atom is -0.488 e. The van der Waals surface area contributed by atoms with Gasteiger partial charge in [-0.05, 0) is 68.3 Å². The lowest BCUT2D eigenvalue weighted by Crippen LogP contribution is -2.14. The van der Waals surface area contributed by atoms with Gasteiger partial charge in [-0.25, -0.2) is 13.6 Å². The van der Waals surface area contributed by atoms with Gasteiger partial charge < -0.3 is 14.2 Å². The summed E-state index contributed by atoms with van der Waals surface area (Å²) in [6, 6.07) is 7.33. The maximum atomic E-state index is 14.3. The molecule has 0 saturated carbocycles. The third kappa shape index (κ3) is 6.05. The van der Waals surface area contributed by atoms with Gasteiger partial charge in [-0.1, -0.05) is 0 Å². The molecule has 0 fully saturated rings. The van der Waals surface area contributed by atoms with Gasteiger partial charge in [-0.2, -0.15) is 13.2 Å². The third-order valence-electron chi connectivity index (χ3n) is 4.82. The van der Waals surface area contributed by atoms with E-state index in [0.717, 1.165) is 22.5 Å². The Balaban J connectivity index is 1.71. The van der Waals surface area contributed by atoms with E-state index in [9.17, 15) is 26.7 Å².